The van der Waals surface area contributed by atoms with Crippen LogP contribution in [0.25, 0.3) is 16.9 Å². The number of nitrogens with one attached hydrogen (secondary N) is 1. The largest absolute Gasteiger partial charge is 0.497 e. The van der Waals surface area contributed by atoms with Crippen LogP contribution in [-0.2, 0) is 6.42 Å². The monoisotopic (exact) mass is 428 g/mol. The van der Waals surface area contributed by atoms with E-state index in [1.54, 1.807) is 37.4 Å². The molecular formula is C25H24N4O3. The van der Waals surface area contributed by atoms with E-state index in [4.69, 9.17) is 14.6 Å². The average molecular weight is 428 g/mol. The van der Waals surface area contributed by atoms with Crippen LogP contribution in [0.4, 0.5) is 0 Å². The Morgan fingerprint density at radius 1 is 1.00 bits per heavy atom. The highest BCUT2D eigenvalue weighted by Crippen LogP contribution is 2.34. The van der Waals surface area contributed by atoms with E-state index in [0.717, 1.165) is 11.4 Å². The van der Waals surface area contributed by atoms with Gasteiger partial charge in [-0.25, -0.2) is 4.68 Å². The summed E-state index contributed by atoms with van der Waals surface area (Å²) in [6.45, 7) is 0.464. The third kappa shape index (κ3) is 4.62. The van der Waals surface area contributed by atoms with Gasteiger partial charge in [0.05, 0.1) is 25.5 Å². The number of carbonyl (C=O) groups excluding carboxylic acids is 1. The van der Waals surface area contributed by atoms with Crippen LogP contribution < -0.4 is 14.8 Å². The first-order chi connectivity index (χ1) is 15.7. The highest BCUT2D eigenvalue weighted by atomic mass is 16.5. The smallest absolute Gasteiger partial charge is 0.255 e. The fraction of sp³-hybridized carbons (Fsp3) is 0.160. The lowest BCUT2D eigenvalue weighted by Gasteiger charge is -2.10. The molecule has 0 radical (unpaired) electrons. The number of pyridine rings is 1. The zero-order chi connectivity index (χ0) is 22.3. The lowest BCUT2D eigenvalue weighted by molar-refractivity contribution is 0.0954. The minimum atomic E-state index is -0.212. The first kappa shape index (κ1) is 21.1. The molecule has 7 nitrogen and oxygen atoms in total. The zero-order valence-electron chi connectivity index (χ0n) is 18.0. The van der Waals surface area contributed by atoms with Crippen molar-refractivity contribution >= 4 is 5.91 Å². The lowest BCUT2D eigenvalue weighted by Crippen LogP contribution is -2.26. The molecule has 32 heavy (non-hydrogen) atoms. The molecule has 0 saturated heterocycles. The van der Waals surface area contributed by atoms with Crippen LogP contribution in [0, 0.1) is 0 Å². The van der Waals surface area contributed by atoms with Crippen molar-refractivity contribution in [3.63, 3.8) is 0 Å². The molecule has 4 rings (SSSR count). The third-order valence-electron chi connectivity index (χ3n) is 5.04. The van der Waals surface area contributed by atoms with Gasteiger partial charge in [-0.2, -0.15) is 5.10 Å². The number of ether oxygens (including phenoxy) is 2. The second-order valence-corrected chi connectivity index (χ2v) is 7.06. The van der Waals surface area contributed by atoms with Crippen LogP contribution >= 0.6 is 0 Å². The Hall–Kier alpha value is -4.13. The van der Waals surface area contributed by atoms with Gasteiger partial charge in [-0.05, 0) is 36.4 Å². The van der Waals surface area contributed by atoms with Crippen LogP contribution in [0.15, 0.2) is 79.1 Å². The molecule has 2 aromatic heterocycles. The summed E-state index contributed by atoms with van der Waals surface area (Å²) in [4.78, 5) is 17.4. The standard InChI is InChI=1S/C25H24N4O3/c1-31-20-11-12-21(23(16-20)32-2)24-22(17-29(28-24)19-9-4-3-5-10-19)25(30)27-15-13-18-8-6-7-14-26-18/h3-12,14,16-17H,13,15H2,1-2H3,(H,27,30). The van der Waals surface area contributed by atoms with Gasteiger partial charge >= 0.3 is 0 Å². The normalized spacial score (nSPS) is 10.6. The van der Waals surface area contributed by atoms with E-state index < -0.39 is 0 Å². The summed E-state index contributed by atoms with van der Waals surface area (Å²) in [5.41, 5.74) is 3.47. The van der Waals surface area contributed by atoms with Crippen molar-refractivity contribution in [2.24, 2.45) is 0 Å². The molecule has 0 atom stereocenters. The number of methoxy groups -OCH3 is 2. The minimum absolute atomic E-state index is 0.212. The molecule has 0 fully saturated rings. The van der Waals surface area contributed by atoms with Crippen LogP contribution in [0.1, 0.15) is 16.1 Å². The van der Waals surface area contributed by atoms with E-state index in [2.05, 4.69) is 10.3 Å². The molecule has 0 unspecified atom stereocenters. The van der Waals surface area contributed by atoms with Crippen LogP contribution in [0.5, 0.6) is 11.5 Å². The van der Waals surface area contributed by atoms with E-state index >= 15 is 0 Å². The molecule has 0 aliphatic carbocycles. The third-order valence-corrected chi connectivity index (χ3v) is 5.04. The molecule has 0 spiro atoms. The lowest BCUT2D eigenvalue weighted by atomic mass is 10.1. The summed E-state index contributed by atoms with van der Waals surface area (Å²) in [7, 11) is 3.18. The number of carbonyl (C=O) groups is 1. The Bertz CT molecular complexity index is 1190. The van der Waals surface area contributed by atoms with Crippen LogP contribution in [-0.4, -0.2) is 41.4 Å². The summed E-state index contributed by atoms with van der Waals surface area (Å²) in [6, 6.07) is 20.8. The Morgan fingerprint density at radius 2 is 1.81 bits per heavy atom. The van der Waals surface area contributed by atoms with Gasteiger partial charge in [0, 0.05) is 42.7 Å². The van der Waals surface area contributed by atoms with E-state index in [1.807, 2.05) is 60.7 Å². The molecule has 0 saturated carbocycles. The molecule has 1 amide bonds. The molecule has 7 heteroatoms. The molecule has 4 aromatic rings. The summed E-state index contributed by atoms with van der Waals surface area (Å²) in [6.07, 6.45) is 4.13. The van der Waals surface area contributed by atoms with Crippen molar-refractivity contribution in [2.45, 2.75) is 6.42 Å². The first-order valence-electron chi connectivity index (χ1n) is 10.2. The number of aromatic nitrogens is 3. The Labute approximate surface area is 186 Å². The highest BCUT2D eigenvalue weighted by molar-refractivity contribution is 6.00. The summed E-state index contributed by atoms with van der Waals surface area (Å²) < 4.78 is 12.6. The van der Waals surface area contributed by atoms with Gasteiger partial charge < -0.3 is 14.8 Å². The molecule has 0 bridgehead atoms. The topological polar surface area (TPSA) is 78.3 Å². The Balaban J connectivity index is 1.67. The fourth-order valence-corrected chi connectivity index (χ4v) is 3.39. The van der Waals surface area contributed by atoms with Crippen molar-refractivity contribution in [3.05, 3.63) is 90.4 Å². The number of benzene rings is 2. The van der Waals surface area contributed by atoms with Gasteiger partial charge in [-0.3, -0.25) is 9.78 Å². The maximum Gasteiger partial charge on any atom is 0.255 e. The second-order valence-electron chi connectivity index (χ2n) is 7.06. The molecule has 162 valence electrons. The minimum Gasteiger partial charge on any atom is -0.497 e. The maximum absolute atomic E-state index is 13.1. The van der Waals surface area contributed by atoms with Crippen molar-refractivity contribution in [1.29, 1.82) is 0 Å². The van der Waals surface area contributed by atoms with Gasteiger partial charge in [0.15, 0.2) is 0 Å². The summed E-state index contributed by atoms with van der Waals surface area (Å²) >= 11 is 0. The van der Waals surface area contributed by atoms with Gasteiger partial charge in [-0.15, -0.1) is 0 Å². The van der Waals surface area contributed by atoms with Crippen molar-refractivity contribution in [1.82, 2.24) is 20.1 Å². The van der Waals surface area contributed by atoms with Crippen molar-refractivity contribution in [3.8, 4) is 28.4 Å². The van der Waals surface area contributed by atoms with E-state index in [-0.39, 0.29) is 5.91 Å². The van der Waals surface area contributed by atoms with E-state index in [1.165, 1.54) is 0 Å². The fourth-order valence-electron chi connectivity index (χ4n) is 3.39. The maximum atomic E-state index is 13.1. The number of amides is 1. The zero-order valence-corrected chi connectivity index (χ0v) is 18.0. The predicted molar refractivity (Wildman–Crippen MR) is 122 cm³/mol. The van der Waals surface area contributed by atoms with Gasteiger partial charge in [0.1, 0.15) is 17.2 Å². The van der Waals surface area contributed by atoms with Gasteiger partial charge in [0.2, 0.25) is 0 Å². The molecule has 1 N–H and O–H groups in total. The van der Waals surface area contributed by atoms with Gasteiger partial charge in [-0.1, -0.05) is 24.3 Å². The number of nitrogens with zero attached hydrogens (tertiary/aromatic N) is 3. The molecular weight excluding hydrogens is 404 g/mol. The molecule has 0 aliphatic heterocycles. The number of rotatable bonds is 8. The number of hydrogen-bond acceptors (Lipinski definition) is 5. The van der Waals surface area contributed by atoms with Crippen LogP contribution in [0.3, 0.4) is 0 Å². The predicted octanol–water partition coefficient (Wildman–Crippen LogP) is 3.92. The number of para-hydroxylation sites is 1. The quantitative estimate of drug-likeness (QED) is 0.460. The van der Waals surface area contributed by atoms with Crippen molar-refractivity contribution < 1.29 is 14.3 Å². The van der Waals surface area contributed by atoms with E-state index in [9.17, 15) is 4.79 Å². The molecule has 2 heterocycles. The second kappa shape index (κ2) is 9.78. The first-order valence-corrected chi connectivity index (χ1v) is 10.2. The number of hydrogen-bond donors (Lipinski definition) is 1. The summed E-state index contributed by atoms with van der Waals surface area (Å²) in [5, 5.41) is 7.71. The Kier molecular flexibility index (Phi) is 6.46. The molecule has 2 aromatic carbocycles. The van der Waals surface area contributed by atoms with Crippen molar-refractivity contribution in [2.75, 3.05) is 20.8 Å². The van der Waals surface area contributed by atoms with Gasteiger partial charge in [0.25, 0.3) is 5.91 Å². The SMILES string of the molecule is COc1ccc(-c2nn(-c3ccccc3)cc2C(=O)NCCc2ccccn2)c(OC)c1. The Morgan fingerprint density at radius 3 is 2.53 bits per heavy atom. The average Bonchev–Trinajstić information content (AvgIpc) is 3.30. The summed E-state index contributed by atoms with van der Waals surface area (Å²) in [5.74, 6) is 1.02. The van der Waals surface area contributed by atoms with E-state index in [0.29, 0.717) is 41.3 Å². The highest BCUT2D eigenvalue weighted by Gasteiger charge is 2.21. The van der Waals surface area contributed by atoms with Crippen LogP contribution in [0.2, 0.25) is 0 Å². The molecule has 0 aliphatic rings.